The van der Waals surface area contributed by atoms with Crippen LogP contribution in [0.5, 0.6) is 0 Å². The lowest BCUT2D eigenvalue weighted by Gasteiger charge is -2.49. The number of carbonyl (C=O) groups excluding carboxylic acids is 2. The van der Waals surface area contributed by atoms with E-state index >= 15 is 0 Å². The zero-order chi connectivity index (χ0) is 19.7. The number of fused-ring (bicyclic) bond motifs is 1. The second-order valence-corrected chi connectivity index (χ2v) is 7.50. The molecular formula is C14H16N6O5S2. The van der Waals surface area contributed by atoms with Gasteiger partial charge in [0.05, 0.1) is 0 Å². The first-order valence-corrected chi connectivity index (χ1v) is 9.65. The van der Waals surface area contributed by atoms with Crippen molar-refractivity contribution in [3.63, 3.8) is 0 Å². The number of aliphatic carboxylic acids is 1. The molecule has 0 radical (unpaired) electrons. The minimum atomic E-state index is -1.17. The Morgan fingerprint density at radius 3 is 2.85 bits per heavy atom. The van der Waals surface area contributed by atoms with Gasteiger partial charge in [0.25, 0.3) is 11.8 Å². The maximum absolute atomic E-state index is 12.6. The van der Waals surface area contributed by atoms with Crippen LogP contribution in [0.2, 0.25) is 0 Å². The monoisotopic (exact) mass is 412 g/mol. The van der Waals surface area contributed by atoms with Crippen LogP contribution in [0.25, 0.3) is 0 Å². The van der Waals surface area contributed by atoms with E-state index in [0.717, 1.165) is 11.5 Å². The highest BCUT2D eigenvalue weighted by molar-refractivity contribution is 8.00. The summed E-state index contributed by atoms with van der Waals surface area (Å²) in [4.78, 5) is 46.5. The fourth-order valence-electron chi connectivity index (χ4n) is 2.63. The van der Waals surface area contributed by atoms with Crippen molar-refractivity contribution in [2.24, 2.45) is 5.16 Å². The zero-order valence-corrected chi connectivity index (χ0v) is 16.0. The average Bonchev–Trinajstić information content (AvgIpc) is 3.05. The van der Waals surface area contributed by atoms with Gasteiger partial charge in [0, 0.05) is 17.3 Å². The number of hydrogen-bond donors (Lipinski definition) is 3. The molecule has 0 saturated carbocycles. The molecule has 2 atom stereocenters. The number of rotatable bonds is 6. The Kier molecular flexibility index (Phi) is 5.32. The fourth-order valence-corrected chi connectivity index (χ4v) is 4.36. The maximum Gasteiger partial charge on any atom is 0.352 e. The van der Waals surface area contributed by atoms with Gasteiger partial charge in [0.1, 0.15) is 23.7 Å². The minimum absolute atomic E-state index is 0.00894. The van der Waals surface area contributed by atoms with Gasteiger partial charge in [0.2, 0.25) is 11.5 Å². The van der Waals surface area contributed by atoms with E-state index in [0.29, 0.717) is 11.3 Å². The number of thioether (sulfide) groups is 1. The third kappa shape index (κ3) is 3.47. The number of nitrogens with one attached hydrogen (secondary N) is 1. The van der Waals surface area contributed by atoms with Gasteiger partial charge < -0.3 is 21.0 Å². The molecular weight excluding hydrogens is 396 g/mol. The molecule has 1 aromatic rings. The number of nitrogens with zero attached hydrogens (tertiary/aromatic N) is 4. The van der Waals surface area contributed by atoms with Gasteiger partial charge >= 0.3 is 5.97 Å². The Balaban J connectivity index is 1.78. The molecule has 0 bridgehead atoms. The number of amides is 2. The summed E-state index contributed by atoms with van der Waals surface area (Å²) in [5.74, 6) is -1.93. The van der Waals surface area contributed by atoms with E-state index in [1.807, 2.05) is 0 Å². The van der Waals surface area contributed by atoms with E-state index in [-0.39, 0.29) is 29.0 Å². The molecule has 2 amide bonds. The third-order valence-electron chi connectivity index (χ3n) is 3.80. The Hall–Kier alpha value is -2.67. The van der Waals surface area contributed by atoms with Gasteiger partial charge in [-0.2, -0.15) is 9.36 Å². The summed E-state index contributed by atoms with van der Waals surface area (Å²) in [5.41, 5.74) is 5.90. The average molecular weight is 412 g/mol. The van der Waals surface area contributed by atoms with Gasteiger partial charge in [-0.25, -0.2) is 4.79 Å². The molecule has 2 aliphatic heterocycles. The third-order valence-corrected chi connectivity index (χ3v) is 5.77. The minimum Gasteiger partial charge on any atom is -0.477 e. The van der Waals surface area contributed by atoms with Gasteiger partial charge in [0.15, 0.2) is 5.13 Å². The Morgan fingerprint density at radius 2 is 2.26 bits per heavy atom. The van der Waals surface area contributed by atoms with Crippen LogP contribution in [0.4, 0.5) is 5.13 Å². The van der Waals surface area contributed by atoms with E-state index in [9.17, 15) is 19.5 Å². The molecule has 0 aliphatic carbocycles. The van der Waals surface area contributed by atoms with Gasteiger partial charge in [-0.3, -0.25) is 14.5 Å². The van der Waals surface area contributed by atoms with Crippen LogP contribution in [0.15, 0.2) is 16.4 Å². The molecule has 3 heterocycles. The van der Waals surface area contributed by atoms with Gasteiger partial charge in [-0.05, 0) is 19.4 Å². The van der Waals surface area contributed by atoms with E-state index in [1.54, 1.807) is 13.8 Å². The molecule has 2 aliphatic rings. The van der Waals surface area contributed by atoms with Crippen LogP contribution < -0.4 is 11.1 Å². The quantitative estimate of drug-likeness (QED) is 0.321. The molecule has 144 valence electrons. The molecule has 1 fully saturated rings. The van der Waals surface area contributed by atoms with Crippen LogP contribution in [0, 0.1) is 0 Å². The first kappa shape index (κ1) is 19.1. The summed E-state index contributed by atoms with van der Waals surface area (Å²) in [6, 6.07) is -0.882. The lowest BCUT2D eigenvalue weighted by molar-refractivity contribution is -0.150. The summed E-state index contributed by atoms with van der Waals surface area (Å²) >= 11 is 2.27. The molecule has 0 unspecified atom stereocenters. The van der Waals surface area contributed by atoms with E-state index in [2.05, 4.69) is 19.8 Å². The number of anilines is 1. The number of carboxylic acid groups (broad SMARTS) is 1. The number of oxime groups is 1. The lowest BCUT2D eigenvalue weighted by atomic mass is 10.0. The maximum atomic E-state index is 12.6. The van der Waals surface area contributed by atoms with Crippen molar-refractivity contribution in [2.75, 3.05) is 18.1 Å². The molecule has 4 N–H and O–H groups in total. The number of hydrogen-bond acceptors (Lipinski definition) is 10. The van der Waals surface area contributed by atoms with Crippen LogP contribution in [-0.2, 0) is 19.2 Å². The highest BCUT2D eigenvalue weighted by atomic mass is 32.2. The Bertz CT molecular complexity index is 866. The van der Waals surface area contributed by atoms with Crippen molar-refractivity contribution in [3.05, 3.63) is 17.1 Å². The summed E-state index contributed by atoms with van der Waals surface area (Å²) in [7, 11) is 0. The van der Waals surface area contributed by atoms with Crippen molar-refractivity contribution in [2.45, 2.75) is 25.3 Å². The summed E-state index contributed by atoms with van der Waals surface area (Å²) in [5, 5.41) is 15.3. The molecule has 3 rings (SSSR count). The predicted octanol–water partition coefficient (Wildman–Crippen LogP) is -0.381. The SMILES string of the molecule is CCO/N=C(\C(=O)N[C@@H]1C(=O)N2C(C(=O)O)=C(C)CS[C@H]12)c1nsc(N)n1. The Labute approximate surface area is 161 Å². The summed E-state index contributed by atoms with van der Waals surface area (Å²) in [6.45, 7) is 3.57. The van der Waals surface area contributed by atoms with Crippen molar-refractivity contribution < 1.29 is 24.3 Å². The topological polar surface area (TPSA) is 160 Å². The highest BCUT2D eigenvalue weighted by Gasteiger charge is 2.54. The molecule has 13 heteroatoms. The molecule has 0 spiro atoms. The smallest absolute Gasteiger partial charge is 0.352 e. The summed E-state index contributed by atoms with van der Waals surface area (Å²) < 4.78 is 3.94. The molecule has 1 aromatic heterocycles. The van der Waals surface area contributed by atoms with E-state index in [1.165, 1.54) is 16.7 Å². The van der Waals surface area contributed by atoms with Crippen molar-refractivity contribution in [3.8, 4) is 0 Å². The van der Waals surface area contributed by atoms with Crippen molar-refractivity contribution in [1.82, 2.24) is 19.6 Å². The van der Waals surface area contributed by atoms with Crippen LogP contribution in [-0.4, -0.2) is 66.6 Å². The number of carboxylic acids is 1. The van der Waals surface area contributed by atoms with Gasteiger partial charge in [-0.1, -0.05) is 5.16 Å². The lowest BCUT2D eigenvalue weighted by Crippen LogP contribution is -2.71. The first-order chi connectivity index (χ1) is 12.8. The number of nitrogen functional groups attached to an aromatic ring is 1. The standard InChI is InChI=1S/C14H16N6O5S2/c1-3-25-18-6(9-17-14(15)27-19-9)10(21)16-7-11(22)20-8(13(23)24)5(2)4-26-12(7)20/h7,12H,3-4H2,1-2H3,(H,16,21)(H,23,24)(H2,15,17,19)/b18-6-/t7-,12-/m1/s1. The largest absolute Gasteiger partial charge is 0.477 e. The van der Waals surface area contributed by atoms with Crippen molar-refractivity contribution >= 4 is 51.9 Å². The van der Waals surface area contributed by atoms with Crippen LogP contribution >= 0.6 is 23.3 Å². The number of carbonyl (C=O) groups is 3. The molecule has 0 aromatic carbocycles. The van der Waals surface area contributed by atoms with E-state index in [4.69, 9.17) is 10.6 Å². The summed E-state index contributed by atoms with van der Waals surface area (Å²) in [6.07, 6.45) is 0. The normalized spacial score (nSPS) is 22.2. The van der Waals surface area contributed by atoms with E-state index < -0.39 is 29.2 Å². The fraction of sp³-hybridized carbons (Fsp3) is 0.429. The zero-order valence-electron chi connectivity index (χ0n) is 14.3. The van der Waals surface area contributed by atoms with Crippen LogP contribution in [0.3, 0.4) is 0 Å². The second-order valence-electron chi connectivity index (χ2n) is 5.61. The molecule has 27 heavy (non-hydrogen) atoms. The number of β-lactam (4-membered cyclic amide) rings is 1. The molecule has 1 saturated heterocycles. The predicted molar refractivity (Wildman–Crippen MR) is 97.8 cm³/mol. The van der Waals surface area contributed by atoms with Gasteiger partial charge in [-0.15, -0.1) is 11.8 Å². The van der Waals surface area contributed by atoms with Crippen LogP contribution in [0.1, 0.15) is 19.7 Å². The number of aromatic nitrogens is 2. The number of nitrogens with two attached hydrogens (primary N) is 1. The second kappa shape index (κ2) is 7.52. The molecule has 11 nitrogen and oxygen atoms in total. The first-order valence-electron chi connectivity index (χ1n) is 7.83. The van der Waals surface area contributed by atoms with Crippen molar-refractivity contribution in [1.29, 1.82) is 0 Å². The Morgan fingerprint density at radius 1 is 1.52 bits per heavy atom. The highest BCUT2D eigenvalue weighted by Crippen LogP contribution is 2.40.